The zero-order valence-corrected chi connectivity index (χ0v) is 18.8. The van der Waals surface area contributed by atoms with Crippen LogP contribution in [0.1, 0.15) is 35.3 Å². The van der Waals surface area contributed by atoms with Gasteiger partial charge in [0.1, 0.15) is 5.57 Å². The smallest absolute Gasteiger partial charge is 0.343 e. The number of aryl methyl sites for hydroxylation is 1. The van der Waals surface area contributed by atoms with Crippen LogP contribution < -0.4 is 10.6 Å². The first-order chi connectivity index (χ1) is 15.0. The minimum absolute atomic E-state index is 0.0737. The second-order valence-corrected chi connectivity index (χ2v) is 8.72. The topological polar surface area (TPSA) is 134 Å². The Morgan fingerprint density at radius 3 is 2.28 bits per heavy atom. The Hall–Kier alpha value is -3.66. The number of benzene rings is 2. The van der Waals surface area contributed by atoms with Gasteiger partial charge in [-0.15, -0.1) is 4.40 Å². The summed E-state index contributed by atoms with van der Waals surface area (Å²) in [4.78, 5) is 23.9. The molecule has 1 heterocycles. The van der Waals surface area contributed by atoms with Crippen LogP contribution in [0.4, 0.5) is 11.4 Å². The Balaban J connectivity index is 2.24. The van der Waals surface area contributed by atoms with Gasteiger partial charge >= 0.3 is 11.9 Å². The van der Waals surface area contributed by atoms with E-state index in [0.717, 1.165) is 6.07 Å². The van der Waals surface area contributed by atoms with E-state index in [-0.39, 0.29) is 28.5 Å². The average Bonchev–Trinajstić information content (AvgIpc) is 2.84. The molecule has 0 bridgehead atoms. The van der Waals surface area contributed by atoms with Crippen LogP contribution in [0.2, 0.25) is 0 Å². The predicted octanol–water partition coefficient (Wildman–Crippen LogP) is 3.46. The second kappa shape index (κ2) is 8.83. The number of carboxylic acid groups (broad SMARTS) is 1. The molecule has 2 aromatic carbocycles. The number of amidine groups is 1. The molecule has 1 aliphatic heterocycles. The van der Waals surface area contributed by atoms with E-state index in [2.05, 4.69) is 15.0 Å². The lowest BCUT2D eigenvalue weighted by atomic mass is 10.1. The number of sulfonamides is 1. The van der Waals surface area contributed by atoms with Gasteiger partial charge in [0, 0.05) is 5.70 Å². The highest BCUT2D eigenvalue weighted by molar-refractivity contribution is 7.90. The largest absolute Gasteiger partial charge is 0.478 e. The second-order valence-electron chi connectivity index (χ2n) is 7.15. The van der Waals surface area contributed by atoms with Gasteiger partial charge in [-0.25, -0.2) is 9.59 Å². The number of para-hydroxylation sites is 2. The van der Waals surface area contributed by atoms with Crippen LogP contribution in [0.5, 0.6) is 0 Å². The van der Waals surface area contributed by atoms with E-state index < -0.39 is 22.0 Å². The maximum Gasteiger partial charge on any atom is 0.343 e. The number of fused-ring (bicyclic) bond motifs is 1. The molecule has 3 N–H and O–H groups in total. The molecule has 0 aromatic heterocycles. The molecule has 168 valence electrons. The van der Waals surface area contributed by atoms with Gasteiger partial charge in [-0.2, -0.15) is 8.42 Å². The fourth-order valence-corrected chi connectivity index (χ4v) is 4.54. The molecular formula is C22H23N3O6S. The van der Waals surface area contributed by atoms with E-state index in [4.69, 9.17) is 4.74 Å². The number of nitrogens with one attached hydrogen (secondary N) is 2. The van der Waals surface area contributed by atoms with Crippen molar-refractivity contribution in [2.45, 2.75) is 32.6 Å². The van der Waals surface area contributed by atoms with Crippen molar-refractivity contribution >= 4 is 39.2 Å². The summed E-state index contributed by atoms with van der Waals surface area (Å²) in [6.45, 7) is 6.52. The first-order valence-corrected chi connectivity index (χ1v) is 11.2. The third-order valence-electron chi connectivity index (χ3n) is 4.95. The summed E-state index contributed by atoms with van der Waals surface area (Å²) < 4.78 is 35.6. The van der Waals surface area contributed by atoms with E-state index >= 15 is 0 Å². The lowest BCUT2D eigenvalue weighted by Gasteiger charge is -2.13. The highest BCUT2D eigenvalue weighted by atomic mass is 32.2. The molecule has 10 heteroatoms. The molecule has 0 atom stereocenters. The van der Waals surface area contributed by atoms with Crippen molar-refractivity contribution in [3.05, 3.63) is 64.4 Å². The number of carbonyl (C=O) groups excluding carboxylic acids is 1. The molecule has 0 saturated heterocycles. The van der Waals surface area contributed by atoms with E-state index in [1.807, 2.05) is 0 Å². The molecule has 9 nitrogen and oxygen atoms in total. The number of allylic oxidation sites excluding steroid dienone is 1. The number of esters is 1. The summed E-state index contributed by atoms with van der Waals surface area (Å²) in [6.07, 6.45) is 0. The van der Waals surface area contributed by atoms with Crippen molar-refractivity contribution in [3.8, 4) is 0 Å². The molecule has 1 aliphatic rings. The minimum Gasteiger partial charge on any atom is -0.478 e. The highest BCUT2D eigenvalue weighted by Crippen LogP contribution is 2.30. The maximum atomic E-state index is 13.3. The van der Waals surface area contributed by atoms with E-state index in [9.17, 15) is 23.1 Å². The zero-order chi connectivity index (χ0) is 23.6. The van der Waals surface area contributed by atoms with E-state index in [1.165, 1.54) is 6.07 Å². The fraction of sp³-hybridized carbons (Fsp3) is 0.227. The quantitative estimate of drug-likeness (QED) is 0.581. The van der Waals surface area contributed by atoms with Crippen LogP contribution in [0, 0.1) is 13.8 Å². The standard InChI is InChI=1S/C22H23N3O6S/c1-5-31-22(28)19-14(4)23-16-8-6-7-9-17(16)24-20(19)25-32(29,30)18-11-15(21(26)27)10-12(2)13(18)3/h6-11,23H,5H2,1-4H3,(H,24,25)(H,26,27). The number of ether oxygens (including phenoxy) is 1. The third kappa shape index (κ3) is 4.50. The fourth-order valence-electron chi connectivity index (χ4n) is 3.24. The van der Waals surface area contributed by atoms with Gasteiger partial charge in [0.05, 0.1) is 28.4 Å². The average molecular weight is 458 g/mol. The summed E-state index contributed by atoms with van der Waals surface area (Å²) in [6, 6.07) is 9.44. The highest BCUT2D eigenvalue weighted by Gasteiger charge is 2.29. The van der Waals surface area contributed by atoms with Crippen LogP contribution in [-0.4, -0.2) is 37.9 Å². The van der Waals surface area contributed by atoms with E-state index in [0.29, 0.717) is 28.2 Å². The van der Waals surface area contributed by atoms with Crippen molar-refractivity contribution in [2.75, 3.05) is 17.2 Å². The SMILES string of the molecule is CCOC(=O)C1=C(C)Nc2ccccc2N/C1=N/S(=O)(=O)c1cc(C(=O)O)cc(C)c1C. The lowest BCUT2D eigenvalue weighted by Crippen LogP contribution is -2.25. The number of hydrogen-bond donors (Lipinski definition) is 3. The number of rotatable bonds is 5. The van der Waals surface area contributed by atoms with Gasteiger partial charge in [0.2, 0.25) is 0 Å². The molecule has 0 unspecified atom stereocenters. The molecule has 0 aliphatic carbocycles. The Morgan fingerprint density at radius 2 is 1.69 bits per heavy atom. The van der Waals surface area contributed by atoms with Gasteiger partial charge in [-0.05, 0) is 63.1 Å². The summed E-state index contributed by atoms with van der Waals surface area (Å²) in [5.41, 5.74) is 2.08. The maximum absolute atomic E-state index is 13.3. The summed E-state index contributed by atoms with van der Waals surface area (Å²) in [7, 11) is -4.40. The number of carboxylic acids is 1. The van der Waals surface area contributed by atoms with Crippen molar-refractivity contribution in [3.63, 3.8) is 0 Å². The molecule has 32 heavy (non-hydrogen) atoms. The zero-order valence-electron chi connectivity index (χ0n) is 18.0. The number of nitrogens with zero attached hydrogens (tertiary/aromatic N) is 1. The van der Waals surface area contributed by atoms with Gasteiger partial charge in [0.25, 0.3) is 10.0 Å². The van der Waals surface area contributed by atoms with Crippen molar-refractivity contribution < 1.29 is 27.9 Å². The normalized spacial score (nSPS) is 14.8. The van der Waals surface area contributed by atoms with E-state index in [1.54, 1.807) is 52.0 Å². The molecule has 0 amide bonds. The van der Waals surface area contributed by atoms with Crippen LogP contribution in [0.25, 0.3) is 0 Å². The van der Waals surface area contributed by atoms with Crippen LogP contribution in [0.15, 0.2) is 57.0 Å². The third-order valence-corrected chi connectivity index (χ3v) is 6.35. The monoisotopic (exact) mass is 457 g/mol. The van der Waals surface area contributed by atoms with Crippen molar-refractivity contribution in [1.29, 1.82) is 0 Å². The summed E-state index contributed by atoms with van der Waals surface area (Å²) >= 11 is 0. The summed E-state index contributed by atoms with van der Waals surface area (Å²) in [5, 5.41) is 15.3. The molecule has 0 radical (unpaired) electrons. The van der Waals surface area contributed by atoms with Gasteiger partial charge in [0.15, 0.2) is 5.84 Å². The van der Waals surface area contributed by atoms with Crippen LogP contribution >= 0.6 is 0 Å². The molecule has 3 rings (SSSR count). The number of anilines is 2. The van der Waals surface area contributed by atoms with Crippen molar-refractivity contribution in [2.24, 2.45) is 4.40 Å². The van der Waals surface area contributed by atoms with Crippen molar-refractivity contribution in [1.82, 2.24) is 0 Å². The molecule has 0 fully saturated rings. The lowest BCUT2D eigenvalue weighted by molar-refractivity contribution is -0.137. The molecule has 2 aromatic rings. The number of hydrogen-bond acceptors (Lipinski definition) is 6. The Bertz CT molecular complexity index is 1280. The summed E-state index contributed by atoms with van der Waals surface area (Å²) in [5.74, 6) is -2.24. The predicted molar refractivity (Wildman–Crippen MR) is 121 cm³/mol. The van der Waals surface area contributed by atoms with Gasteiger partial charge < -0.3 is 20.5 Å². The van der Waals surface area contributed by atoms with Gasteiger partial charge in [-0.3, -0.25) is 0 Å². The van der Waals surface area contributed by atoms with Gasteiger partial charge in [-0.1, -0.05) is 12.1 Å². The molecule has 0 saturated carbocycles. The Labute approximate surface area is 185 Å². The number of aromatic carboxylic acids is 1. The Kier molecular flexibility index (Phi) is 6.35. The van der Waals surface area contributed by atoms with Crippen LogP contribution in [0.3, 0.4) is 0 Å². The first-order valence-electron chi connectivity index (χ1n) is 9.76. The first kappa shape index (κ1) is 23.0. The number of carbonyl (C=O) groups is 2. The molecular weight excluding hydrogens is 434 g/mol. The van der Waals surface area contributed by atoms with Crippen LogP contribution in [-0.2, 0) is 19.6 Å². The minimum atomic E-state index is -4.40. The molecule has 0 spiro atoms. The Morgan fingerprint density at radius 1 is 1.06 bits per heavy atom.